The predicted octanol–water partition coefficient (Wildman–Crippen LogP) is 4.23. The molecule has 1 aromatic heterocycles. The molecule has 25 heavy (non-hydrogen) atoms. The average molecular weight is 352 g/mol. The van der Waals surface area contributed by atoms with Gasteiger partial charge in [-0.05, 0) is 30.2 Å². The molecule has 2 aromatic carbocycles. The fraction of sp³-hybridized carbons (Fsp3) is 0.200. The van der Waals surface area contributed by atoms with Gasteiger partial charge in [0.05, 0.1) is 18.2 Å². The second kappa shape index (κ2) is 7.94. The number of methoxy groups -OCH3 is 1. The van der Waals surface area contributed by atoms with Crippen molar-refractivity contribution in [3.8, 4) is 5.75 Å². The van der Waals surface area contributed by atoms with Crippen molar-refractivity contribution >= 4 is 17.2 Å². The molecule has 0 saturated heterocycles. The summed E-state index contributed by atoms with van der Waals surface area (Å²) >= 11 is 1.50. The summed E-state index contributed by atoms with van der Waals surface area (Å²) in [5.41, 5.74) is 2.68. The first-order valence-corrected chi connectivity index (χ1v) is 8.97. The Morgan fingerprint density at radius 3 is 2.56 bits per heavy atom. The van der Waals surface area contributed by atoms with Crippen molar-refractivity contribution in [1.29, 1.82) is 0 Å². The van der Waals surface area contributed by atoms with Gasteiger partial charge >= 0.3 is 0 Å². The van der Waals surface area contributed by atoms with E-state index >= 15 is 0 Å². The summed E-state index contributed by atoms with van der Waals surface area (Å²) in [7, 11) is 1.65. The zero-order chi connectivity index (χ0) is 17.6. The van der Waals surface area contributed by atoms with E-state index in [2.05, 4.69) is 10.3 Å². The Morgan fingerprint density at radius 1 is 1.16 bits per heavy atom. The molecule has 0 radical (unpaired) electrons. The molecular formula is C20H20N2O2S. The van der Waals surface area contributed by atoms with Gasteiger partial charge in [0.15, 0.2) is 0 Å². The number of nitrogens with zero attached hydrogens (tertiary/aromatic N) is 1. The largest absolute Gasteiger partial charge is 0.497 e. The van der Waals surface area contributed by atoms with Gasteiger partial charge in [-0.3, -0.25) is 4.79 Å². The van der Waals surface area contributed by atoms with Crippen LogP contribution in [0.1, 0.15) is 39.6 Å². The quantitative estimate of drug-likeness (QED) is 0.722. The number of thiazole rings is 1. The lowest BCUT2D eigenvalue weighted by atomic mass is 10.1. The first-order valence-electron chi connectivity index (χ1n) is 8.09. The van der Waals surface area contributed by atoms with E-state index in [0.29, 0.717) is 12.1 Å². The highest BCUT2D eigenvalue weighted by molar-refractivity contribution is 7.09. The van der Waals surface area contributed by atoms with Crippen molar-refractivity contribution < 1.29 is 9.53 Å². The van der Waals surface area contributed by atoms with Gasteiger partial charge in [-0.2, -0.15) is 0 Å². The number of nitrogens with one attached hydrogen (secondary N) is 1. The molecule has 3 aromatic rings. The van der Waals surface area contributed by atoms with Gasteiger partial charge in [0.1, 0.15) is 11.4 Å². The molecule has 128 valence electrons. The van der Waals surface area contributed by atoms with Gasteiger partial charge in [-0.15, -0.1) is 11.3 Å². The summed E-state index contributed by atoms with van der Waals surface area (Å²) in [5, 5.41) is 5.72. The summed E-state index contributed by atoms with van der Waals surface area (Å²) in [6.07, 6.45) is 0.705. The Bertz CT molecular complexity index is 828. The molecule has 0 bridgehead atoms. The standard InChI is InChI=1S/C20H20N2O2S/c1-14(16-6-4-3-5-7-16)21-20(23)18-13-25-19(22-18)12-15-8-10-17(24-2)11-9-15/h3-11,13-14H,12H2,1-2H3,(H,21,23). The number of hydrogen-bond acceptors (Lipinski definition) is 4. The molecule has 5 heteroatoms. The highest BCUT2D eigenvalue weighted by Crippen LogP contribution is 2.18. The second-order valence-electron chi connectivity index (χ2n) is 5.76. The zero-order valence-electron chi connectivity index (χ0n) is 14.2. The van der Waals surface area contributed by atoms with Crippen LogP contribution in [0.15, 0.2) is 60.0 Å². The second-order valence-corrected chi connectivity index (χ2v) is 6.70. The summed E-state index contributed by atoms with van der Waals surface area (Å²) < 4.78 is 5.16. The average Bonchev–Trinajstić information content (AvgIpc) is 3.12. The maximum absolute atomic E-state index is 12.4. The van der Waals surface area contributed by atoms with Crippen LogP contribution in [0, 0.1) is 0 Å². The predicted molar refractivity (Wildman–Crippen MR) is 100 cm³/mol. The summed E-state index contributed by atoms with van der Waals surface area (Å²) in [6, 6.07) is 17.7. The highest BCUT2D eigenvalue weighted by Gasteiger charge is 2.14. The van der Waals surface area contributed by atoms with Gasteiger partial charge in [-0.1, -0.05) is 42.5 Å². The fourth-order valence-electron chi connectivity index (χ4n) is 2.51. The molecule has 0 saturated carbocycles. The minimum Gasteiger partial charge on any atom is -0.497 e. The summed E-state index contributed by atoms with van der Waals surface area (Å²) in [4.78, 5) is 16.9. The lowest BCUT2D eigenvalue weighted by Gasteiger charge is -2.13. The monoisotopic (exact) mass is 352 g/mol. The molecule has 1 atom stereocenters. The number of hydrogen-bond donors (Lipinski definition) is 1. The molecule has 0 aliphatic heterocycles. The van der Waals surface area contributed by atoms with Gasteiger partial charge in [0.25, 0.3) is 5.91 Å². The maximum Gasteiger partial charge on any atom is 0.271 e. The van der Waals surface area contributed by atoms with Crippen LogP contribution in [0.25, 0.3) is 0 Å². The summed E-state index contributed by atoms with van der Waals surface area (Å²) in [6.45, 7) is 1.97. The third-order valence-corrected chi connectivity index (χ3v) is 4.79. The van der Waals surface area contributed by atoms with Crippen molar-refractivity contribution in [1.82, 2.24) is 10.3 Å². The molecule has 1 heterocycles. The molecule has 1 N–H and O–H groups in total. The Kier molecular flexibility index (Phi) is 5.46. The van der Waals surface area contributed by atoms with E-state index in [1.54, 1.807) is 7.11 Å². The fourth-order valence-corrected chi connectivity index (χ4v) is 3.32. The lowest BCUT2D eigenvalue weighted by Crippen LogP contribution is -2.26. The SMILES string of the molecule is COc1ccc(Cc2nc(C(=O)NC(C)c3ccccc3)cs2)cc1. The van der Waals surface area contributed by atoms with Crippen molar-refractivity contribution in [3.05, 3.63) is 81.8 Å². The van der Waals surface area contributed by atoms with Crippen molar-refractivity contribution in [2.24, 2.45) is 0 Å². The van der Waals surface area contributed by atoms with Crippen LogP contribution in [0.2, 0.25) is 0 Å². The van der Waals surface area contributed by atoms with Crippen molar-refractivity contribution in [2.75, 3.05) is 7.11 Å². The molecule has 1 unspecified atom stereocenters. The number of amides is 1. The van der Waals surface area contributed by atoms with Gasteiger partial charge in [-0.25, -0.2) is 4.98 Å². The Morgan fingerprint density at radius 2 is 1.88 bits per heavy atom. The minimum atomic E-state index is -0.145. The normalized spacial score (nSPS) is 11.8. The van der Waals surface area contributed by atoms with E-state index < -0.39 is 0 Å². The minimum absolute atomic E-state index is 0.0551. The van der Waals surface area contributed by atoms with Gasteiger partial charge in [0, 0.05) is 11.8 Å². The molecular weight excluding hydrogens is 332 g/mol. The van der Waals surface area contributed by atoms with Crippen LogP contribution in [0.5, 0.6) is 5.75 Å². The van der Waals surface area contributed by atoms with Crippen LogP contribution in [-0.4, -0.2) is 18.0 Å². The van der Waals surface area contributed by atoms with Crippen LogP contribution in [-0.2, 0) is 6.42 Å². The number of ether oxygens (including phenoxy) is 1. The Balaban J connectivity index is 1.63. The Labute approximate surface area is 151 Å². The number of carbonyl (C=O) groups excluding carboxylic acids is 1. The smallest absolute Gasteiger partial charge is 0.271 e. The van der Waals surface area contributed by atoms with Gasteiger partial charge in [0.2, 0.25) is 0 Å². The number of benzene rings is 2. The maximum atomic E-state index is 12.4. The first-order chi connectivity index (χ1) is 12.2. The number of carbonyl (C=O) groups is 1. The van der Waals surface area contributed by atoms with E-state index in [1.807, 2.05) is 66.9 Å². The van der Waals surface area contributed by atoms with E-state index in [4.69, 9.17) is 4.74 Å². The molecule has 0 aliphatic carbocycles. The lowest BCUT2D eigenvalue weighted by molar-refractivity contribution is 0.0935. The highest BCUT2D eigenvalue weighted by atomic mass is 32.1. The molecule has 0 fully saturated rings. The van der Waals surface area contributed by atoms with E-state index in [9.17, 15) is 4.79 Å². The molecule has 0 spiro atoms. The van der Waals surface area contributed by atoms with Crippen molar-refractivity contribution in [2.45, 2.75) is 19.4 Å². The topological polar surface area (TPSA) is 51.2 Å². The molecule has 3 rings (SSSR count). The first kappa shape index (κ1) is 17.2. The van der Waals surface area contributed by atoms with E-state index in [0.717, 1.165) is 21.9 Å². The van der Waals surface area contributed by atoms with Crippen LogP contribution in [0.3, 0.4) is 0 Å². The molecule has 4 nitrogen and oxygen atoms in total. The summed E-state index contributed by atoms with van der Waals surface area (Å²) in [5.74, 6) is 0.687. The van der Waals surface area contributed by atoms with Crippen LogP contribution < -0.4 is 10.1 Å². The third-order valence-electron chi connectivity index (χ3n) is 3.95. The molecule has 0 aliphatic rings. The van der Waals surface area contributed by atoms with Crippen LogP contribution >= 0.6 is 11.3 Å². The van der Waals surface area contributed by atoms with E-state index in [1.165, 1.54) is 11.3 Å². The van der Waals surface area contributed by atoms with E-state index in [-0.39, 0.29) is 11.9 Å². The van der Waals surface area contributed by atoms with Crippen molar-refractivity contribution in [3.63, 3.8) is 0 Å². The number of aromatic nitrogens is 1. The number of rotatable bonds is 6. The van der Waals surface area contributed by atoms with Crippen LogP contribution in [0.4, 0.5) is 0 Å². The molecule has 1 amide bonds. The Hall–Kier alpha value is -2.66. The zero-order valence-corrected chi connectivity index (χ0v) is 15.0. The third kappa shape index (κ3) is 4.45. The van der Waals surface area contributed by atoms with Gasteiger partial charge < -0.3 is 10.1 Å².